The summed E-state index contributed by atoms with van der Waals surface area (Å²) in [7, 11) is 1.62. The third-order valence-electron chi connectivity index (χ3n) is 2.85. The van der Waals surface area contributed by atoms with E-state index in [-0.39, 0.29) is 5.56 Å². The summed E-state index contributed by atoms with van der Waals surface area (Å²) < 4.78 is 1.41. The minimum absolute atomic E-state index is 0.144. The van der Waals surface area contributed by atoms with Crippen molar-refractivity contribution in [2.24, 2.45) is 7.05 Å². The molecule has 0 radical (unpaired) electrons. The molecule has 0 saturated heterocycles. The summed E-state index contributed by atoms with van der Waals surface area (Å²) in [5.41, 5.74) is 0.555. The molecule has 5 nitrogen and oxygen atoms in total. The molecule has 1 rings (SSSR count). The van der Waals surface area contributed by atoms with Crippen molar-refractivity contribution in [3.63, 3.8) is 0 Å². The van der Waals surface area contributed by atoms with Gasteiger partial charge >= 0.3 is 5.97 Å². The van der Waals surface area contributed by atoms with Crippen LogP contribution in [0, 0.1) is 0 Å². The van der Waals surface area contributed by atoms with Crippen LogP contribution in [0.3, 0.4) is 0 Å². The topological polar surface area (TPSA) is 72.2 Å². The molecule has 106 valence electrons. The van der Waals surface area contributed by atoms with E-state index in [4.69, 9.17) is 0 Å². The monoisotopic (exact) mass is 284 g/mol. The highest BCUT2D eigenvalue weighted by Crippen LogP contribution is 2.24. The van der Waals surface area contributed by atoms with E-state index in [1.54, 1.807) is 7.05 Å². The Morgan fingerprint density at radius 2 is 2.21 bits per heavy atom. The zero-order valence-corrected chi connectivity index (χ0v) is 12.4. The zero-order valence-electron chi connectivity index (χ0n) is 11.5. The largest absolute Gasteiger partial charge is 0.480 e. The highest BCUT2D eigenvalue weighted by Gasteiger charge is 2.20. The van der Waals surface area contributed by atoms with Crippen LogP contribution in [0.15, 0.2) is 16.0 Å². The lowest BCUT2D eigenvalue weighted by atomic mass is 10.2. The molecule has 0 bridgehead atoms. The highest BCUT2D eigenvalue weighted by molar-refractivity contribution is 8.00. The van der Waals surface area contributed by atoms with E-state index in [0.29, 0.717) is 23.7 Å². The molecule has 0 amide bonds. The van der Waals surface area contributed by atoms with Crippen molar-refractivity contribution in [2.45, 2.75) is 49.9 Å². The Morgan fingerprint density at radius 3 is 2.74 bits per heavy atom. The first kappa shape index (κ1) is 15.8. The second kappa shape index (κ2) is 7.33. The SMILES string of the molecule is CCCCC(Sc1nc(CC)cc(=O)n1C)C(=O)O. The van der Waals surface area contributed by atoms with Gasteiger partial charge in [0.25, 0.3) is 5.56 Å². The molecule has 1 N–H and O–H groups in total. The Hall–Kier alpha value is -1.30. The molecule has 1 atom stereocenters. The number of hydrogen-bond donors (Lipinski definition) is 1. The summed E-state index contributed by atoms with van der Waals surface area (Å²) in [5.74, 6) is -0.852. The van der Waals surface area contributed by atoms with Gasteiger partial charge in [0.2, 0.25) is 0 Å². The molecular formula is C13H20N2O3S. The summed E-state index contributed by atoms with van der Waals surface area (Å²) in [6, 6.07) is 1.49. The van der Waals surface area contributed by atoms with E-state index in [9.17, 15) is 14.7 Å². The van der Waals surface area contributed by atoms with Gasteiger partial charge in [0.1, 0.15) is 5.25 Å². The number of hydrogen-bond acceptors (Lipinski definition) is 4. The van der Waals surface area contributed by atoms with Crippen LogP contribution in [0.2, 0.25) is 0 Å². The lowest BCUT2D eigenvalue weighted by molar-refractivity contribution is -0.136. The molecule has 0 aliphatic rings. The van der Waals surface area contributed by atoms with Gasteiger partial charge in [0, 0.05) is 18.8 Å². The fraction of sp³-hybridized carbons (Fsp3) is 0.615. The third kappa shape index (κ3) is 4.38. The summed E-state index contributed by atoms with van der Waals surface area (Å²) in [4.78, 5) is 27.3. The van der Waals surface area contributed by atoms with Crippen LogP contribution in [-0.4, -0.2) is 25.9 Å². The molecule has 0 fully saturated rings. The third-order valence-corrected chi connectivity index (χ3v) is 4.15. The summed E-state index contributed by atoms with van der Waals surface area (Å²) in [6.45, 7) is 3.94. The predicted molar refractivity (Wildman–Crippen MR) is 75.7 cm³/mol. The average molecular weight is 284 g/mol. The van der Waals surface area contributed by atoms with E-state index in [1.807, 2.05) is 13.8 Å². The summed E-state index contributed by atoms with van der Waals surface area (Å²) in [6.07, 6.45) is 3.05. The molecule has 1 aromatic heterocycles. The van der Waals surface area contributed by atoms with E-state index in [0.717, 1.165) is 24.6 Å². The molecule has 0 aromatic carbocycles. The molecule has 19 heavy (non-hydrogen) atoms. The quantitative estimate of drug-likeness (QED) is 0.613. The zero-order chi connectivity index (χ0) is 14.4. The van der Waals surface area contributed by atoms with Crippen LogP contribution in [0.25, 0.3) is 0 Å². The number of rotatable bonds is 7. The van der Waals surface area contributed by atoms with Crippen LogP contribution in [0.4, 0.5) is 0 Å². The lowest BCUT2D eigenvalue weighted by Gasteiger charge is -2.13. The number of unbranched alkanes of at least 4 members (excludes halogenated alkanes) is 1. The normalized spacial score (nSPS) is 12.4. The average Bonchev–Trinajstić information content (AvgIpc) is 2.38. The van der Waals surface area contributed by atoms with Crippen LogP contribution >= 0.6 is 11.8 Å². The highest BCUT2D eigenvalue weighted by atomic mass is 32.2. The number of carboxylic acids is 1. The maximum absolute atomic E-state index is 11.7. The fourth-order valence-corrected chi connectivity index (χ4v) is 2.66. The number of carbonyl (C=O) groups is 1. The first-order valence-electron chi connectivity index (χ1n) is 6.46. The summed E-state index contributed by atoms with van der Waals surface area (Å²) >= 11 is 1.16. The van der Waals surface area contributed by atoms with Crippen LogP contribution in [0.1, 0.15) is 38.8 Å². The van der Waals surface area contributed by atoms with Gasteiger partial charge in [-0.15, -0.1) is 0 Å². The molecule has 1 heterocycles. The molecule has 0 spiro atoms. The molecule has 1 unspecified atom stereocenters. The van der Waals surface area contributed by atoms with Crippen molar-refractivity contribution in [3.05, 3.63) is 22.1 Å². The maximum atomic E-state index is 11.7. The number of aryl methyl sites for hydroxylation is 1. The van der Waals surface area contributed by atoms with Crippen LogP contribution in [-0.2, 0) is 18.3 Å². The van der Waals surface area contributed by atoms with Crippen molar-refractivity contribution in [1.29, 1.82) is 0 Å². The van der Waals surface area contributed by atoms with Gasteiger partial charge < -0.3 is 5.11 Å². The van der Waals surface area contributed by atoms with Crippen molar-refractivity contribution < 1.29 is 9.90 Å². The van der Waals surface area contributed by atoms with Gasteiger partial charge in [-0.3, -0.25) is 14.2 Å². The summed E-state index contributed by atoms with van der Waals surface area (Å²) in [5, 5.41) is 9.14. The van der Waals surface area contributed by atoms with Crippen molar-refractivity contribution in [3.8, 4) is 0 Å². The van der Waals surface area contributed by atoms with Crippen LogP contribution in [0.5, 0.6) is 0 Å². The van der Waals surface area contributed by atoms with E-state index < -0.39 is 11.2 Å². The molecule has 0 saturated carbocycles. The van der Waals surface area contributed by atoms with E-state index >= 15 is 0 Å². The first-order chi connectivity index (χ1) is 8.99. The number of nitrogens with zero attached hydrogens (tertiary/aromatic N) is 2. The minimum atomic E-state index is -0.852. The second-order valence-corrected chi connectivity index (χ2v) is 5.54. The van der Waals surface area contributed by atoms with Gasteiger partial charge in [-0.2, -0.15) is 0 Å². The molecule has 0 aliphatic carbocycles. The number of thioether (sulfide) groups is 1. The Bertz CT molecular complexity index is 499. The Labute approximate surface area is 117 Å². The van der Waals surface area contributed by atoms with Gasteiger partial charge in [-0.1, -0.05) is 38.5 Å². The smallest absolute Gasteiger partial charge is 0.317 e. The minimum Gasteiger partial charge on any atom is -0.480 e. The van der Waals surface area contributed by atoms with E-state index in [1.165, 1.54) is 10.6 Å². The predicted octanol–water partition coefficient (Wildman–Crippen LogP) is 2.08. The molecule has 6 heteroatoms. The number of aliphatic carboxylic acids is 1. The Kier molecular flexibility index (Phi) is 6.08. The molecule has 0 aliphatic heterocycles. The fourth-order valence-electron chi connectivity index (χ4n) is 1.60. The van der Waals surface area contributed by atoms with Crippen molar-refractivity contribution in [1.82, 2.24) is 9.55 Å². The van der Waals surface area contributed by atoms with Gasteiger partial charge in [-0.05, 0) is 12.8 Å². The standard InChI is InChI=1S/C13H20N2O3S/c1-4-6-7-10(12(17)18)19-13-14-9(5-2)8-11(16)15(13)3/h8,10H,4-7H2,1-3H3,(H,17,18). The first-order valence-corrected chi connectivity index (χ1v) is 7.34. The van der Waals surface area contributed by atoms with Gasteiger partial charge in [-0.25, -0.2) is 4.98 Å². The van der Waals surface area contributed by atoms with Gasteiger partial charge in [0.15, 0.2) is 5.16 Å². The van der Waals surface area contributed by atoms with Crippen molar-refractivity contribution in [2.75, 3.05) is 0 Å². The van der Waals surface area contributed by atoms with E-state index in [2.05, 4.69) is 4.98 Å². The number of carboxylic acid groups (broad SMARTS) is 1. The lowest BCUT2D eigenvalue weighted by Crippen LogP contribution is -2.23. The maximum Gasteiger partial charge on any atom is 0.317 e. The Balaban J connectivity index is 2.98. The molecule has 1 aromatic rings. The van der Waals surface area contributed by atoms with Gasteiger partial charge in [0.05, 0.1) is 0 Å². The Morgan fingerprint density at radius 1 is 1.53 bits per heavy atom. The van der Waals surface area contributed by atoms with Crippen LogP contribution < -0.4 is 5.56 Å². The second-order valence-electron chi connectivity index (χ2n) is 4.37. The number of aromatic nitrogens is 2. The van der Waals surface area contributed by atoms with Crippen molar-refractivity contribution >= 4 is 17.7 Å². The molecular weight excluding hydrogens is 264 g/mol.